The Kier molecular flexibility index (Phi) is 4.69. The van der Waals surface area contributed by atoms with Gasteiger partial charge in [-0.3, -0.25) is 0 Å². The molecule has 2 N–H and O–H groups in total. The summed E-state index contributed by atoms with van der Waals surface area (Å²) in [7, 11) is 0. The molecule has 1 aromatic heterocycles. The van der Waals surface area contributed by atoms with Crippen LogP contribution in [0, 0.1) is 11.3 Å². The molecule has 0 atom stereocenters. The summed E-state index contributed by atoms with van der Waals surface area (Å²) in [4.78, 5) is 7.22. The minimum atomic E-state index is -0.0496. The molecule has 3 aromatic rings. The van der Waals surface area contributed by atoms with Crippen molar-refractivity contribution in [3.05, 3.63) is 59.5 Å². The van der Waals surface area contributed by atoms with Crippen LogP contribution in [-0.2, 0) is 0 Å². The van der Waals surface area contributed by atoms with Gasteiger partial charge in [0, 0.05) is 29.6 Å². The van der Waals surface area contributed by atoms with Gasteiger partial charge in [-0.15, -0.1) is 11.3 Å². The van der Waals surface area contributed by atoms with Crippen LogP contribution in [-0.4, -0.2) is 23.6 Å². The van der Waals surface area contributed by atoms with Crippen LogP contribution in [0.4, 0.5) is 5.13 Å². The molecule has 5 heteroatoms. The van der Waals surface area contributed by atoms with Gasteiger partial charge in [0.15, 0.2) is 5.13 Å². The second kappa shape index (κ2) is 7.15. The maximum Gasteiger partial charge on any atom is 0.185 e. The third-order valence-corrected chi connectivity index (χ3v) is 6.08. The lowest BCUT2D eigenvalue weighted by molar-refractivity contribution is 0.364. The molecule has 0 bridgehead atoms. The highest BCUT2D eigenvalue weighted by molar-refractivity contribution is 7.14. The molecule has 136 valence electrons. The van der Waals surface area contributed by atoms with E-state index in [9.17, 15) is 0 Å². The Morgan fingerprint density at radius 3 is 2.48 bits per heavy atom. The molecular formula is C22H22N4S. The smallest absolute Gasteiger partial charge is 0.185 e. The fourth-order valence-corrected chi connectivity index (χ4v) is 4.23. The van der Waals surface area contributed by atoms with E-state index in [0.717, 1.165) is 53.4 Å². The lowest BCUT2D eigenvalue weighted by Crippen LogP contribution is -2.48. The predicted octanol–water partition coefficient (Wildman–Crippen LogP) is 4.67. The first kappa shape index (κ1) is 17.7. The van der Waals surface area contributed by atoms with Gasteiger partial charge in [-0.05, 0) is 49.1 Å². The zero-order valence-corrected chi connectivity index (χ0v) is 16.2. The quantitative estimate of drug-likeness (QED) is 0.724. The van der Waals surface area contributed by atoms with E-state index in [1.54, 1.807) is 11.3 Å². The van der Waals surface area contributed by atoms with E-state index in [0.29, 0.717) is 5.56 Å². The van der Waals surface area contributed by atoms with Crippen molar-refractivity contribution in [3.63, 3.8) is 0 Å². The lowest BCUT2D eigenvalue weighted by atomic mass is 9.91. The van der Waals surface area contributed by atoms with E-state index in [-0.39, 0.29) is 5.54 Å². The summed E-state index contributed by atoms with van der Waals surface area (Å²) in [6.45, 7) is 4.06. The van der Waals surface area contributed by atoms with E-state index < -0.39 is 0 Å². The van der Waals surface area contributed by atoms with Crippen LogP contribution < -0.4 is 10.6 Å². The summed E-state index contributed by atoms with van der Waals surface area (Å²) < 4.78 is 0. The molecule has 0 amide bonds. The van der Waals surface area contributed by atoms with Gasteiger partial charge in [0.1, 0.15) is 0 Å². The molecule has 27 heavy (non-hydrogen) atoms. The average molecular weight is 375 g/mol. The van der Waals surface area contributed by atoms with Gasteiger partial charge in [-0.25, -0.2) is 4.98 Å². The second-order valence-corrected chi connectivity index (χ2v) is 8.26. The molecular weight excluding hydrogens is 352 g/mol. The number of rotatable bonds is 3. The SMILES string of the molecule is CC1(N)CCN(c2nc(-c3cccc(-c4ccc(C#N)cc4)c3)cs2)CC1. The first-order chi connectivity index (χ1) is 13.0. The van der Waals surface area contributed by atoms with Crippen molar-refractivity contribution < 1.29 is 0 Å². The zero-order valence-electron chi connectivity index (χ0n) is 15.4. The van der Waals surface area contributed by atoms with Crippen molar-refractivity contribution in [2.24, 2.45) is 5.73 Å². The van der Waals surface area contributed by atoms with Crippen LogP contribution in [0.5, 0.6) is 0 Å². The molecule has 4 nitrogen and oxygen atoms in total. The Morgan fingerprint density at radius 1 is 1.07 bits per heavy atom. The molecule has 1 saturated heterocycles. The summed E-state index contributed by atoms with van der Waals surface area (Å²) in [5.41, 5.74) is 11.2. The van der Waals surface area contributed by atoms with Crippen LogP contribution in [0.15, 0.2) is 53.9 Å². The molecule has 1 aliphatic heterocycles. The first-order valence-electron chi connectivity index (χ1n) is 9.14. The van der Waals surface area contributed by atoms with Crippen LogP contribution >= 0.6 is 11.3 Å². The monoisotopic (exact) mass is 374 g/mol. The zero-order chi connectivity index (χ0) is 18.9. The molecule has 2 heterocycles. The van der Waals surface area contributed by atoms with Gasteiger partial charge in [-0.1, -0.05) is 30.3 Å². The van der Waals surface area contributed by atoms with E-state index in [2.05, 4.69) is 47.5 Å². The number of hydrogen-bond donors (Lipinski definition) is 1. The lowest BCUT2D eigenvalue weighted by Gasteiger charge is -2.36. The number of nitriles is 1. The molecule has 2 aromatic carbocycles. The Labute approximate surface area is 163 Å². The number of anilines is 1. The second-order valence-electron chi connectivity index (χ2n) is 7.43. The molecule has 0 aliphatic carbocycles. The molecule has 0 spiro atoms. The van der Waals surface area contributed by atoms with Crippen molar-refractivity contribution in [2.45, 2.75) is 25.3 Å². The number of nitrogens with zero attached hydrogens (tertiary/aromatic N) is 3. The summed E-state index contributed by atoms with van der Waals surface area (Å²) in [5.74, 6) is 0. The number of thiazole rings is 1. The van der Waals surface area contributed by atoms with E-state index in [1.807, 2.05) is 24.3 Å². The minimum absolute atomic E-state index is 0.0496. The maximum atomic E-state index is 8.96. The van der Waals surface area contributed by atoms with Gasteiger partial charge in [0.2, 0.25) is 0 Å². The van der Waals surface area contributed by atoms with Gasteiger partial charge < -0.3 is 10.6 Å². The molecule has 1 aliphatic rings. The highest BCUT2D eigenvalue weighted by atomic mass is 32.1. The van der Waals surface area contributed by atoms with Crippen molar-refractivity contribution in [1.82, 2.24) is 4.98 Å². The molecule has 0 unspecified atom stereocenters. The Morgan fingerprint density at radius 2 is 1.78 bits per heavy atom. The third-order valence-electron chi connectivity index (χ3n) is 5.17. The normalized spacial score (nSPS) is 16.1. The van der Waals surface area contributed by atoms with Crippen molar-refractivity contribution in [1.29, 1.82) is 5.26 Å². The van der Waals surface area contributed by atoms with Crippen LogP contribution in [0.3, 0.4) is 0 Å². The number of benzene rings is 2. The number of hydrogen-bond acceptors (Lipinski definition) is 5. The minimum Gasteiger partial charge on any atom is -0.348 e. The largest absolute Gasteiger partial charge is 0.348 e. The Hall–Kier alpha value is -2.68. The number of nitrogens with two attached hydrogens (primary N) is 1. The summed E-state index contributed by atoms with van der Waals surface area (Å²) >= 11 is 1.70. The molecule has 0 radical (unpaired) electrons. The van der Waals surface area contributed by atoms with Crippen molar-refractivity contribution in [2.75, 3.05) is 18.0 Å². The number of aromatic nitrogens is 1. The van der Waals surface area contributed by atoms with Crippen molar-refractivity contribution in [3.8, 4) is 28.5 Å². The van der Waals surface area contributed by atoms with Crippen LogP contribution in [0.1, 0.15) is 25.3 Å². The van der Waals surface area contributed by atoms with E-state index >= 15 is 0 Å². The van der Waals surface area contributed by atoms with Gasteiger partial charge in [-0.2, -0.15) is 5.26 Å². The molecule has 0 saturated carbocycles. The van der Waals surface area contributed by atoms with Gasteiger partial charge in [0.25, 0.3) is 0 Å². The Bertz CT molecular complexity index is 972. The topological polar surface area (TPSA) is 65.9 Å². The van der Waals surface area contributed by atoms with E-state index in [1.165, 1.54) is 0 Å². The molecule has 1 fully saturated rings. The Balaban J connectivity index is 1.56. The van der Waals surface area contributed by atoms with Crippen LogP contribution in [0.25, 0.3) is 22.4 Å². The highest BCUT2D eigenvalue weighted by Gasteiger charge is 2.27. The summed E-state index contributed by atoms with van der Waals surface area (Å²) in [6, 6.07) is 18.2. The predicted molar refractivity (Wildman–Crippen MR) is 112 cm³/mol. The first-order valence-corrected chi connectivity index (χ1v) is 10.0. The highest BCUT2D eigenvalue weighted by Crippen LogP contribution is 2.32. The fourth-order valence-electron chi connectivity index (χ4n) is 3.35. The van der Waals surface area contributed by atoms with Gasteiger partial charge in [0.05, 0.1) is 17.3 Å². The average Bonchev–Trinajstić information content (AvgIpc) is 3.18. The van der Waals surface area contributed by atoms with E-state index in [4.69, 9.17) is 16.0 Å². The van der Waals surface area contributed by atoms with Crippen LogP contribution in [0.2, 0.25) is 0 Å². The summed E-state index contributed by atoms with van der Waals surface area (Å²) in [5, 5.41) is 12.2. The third kappa shape index (κ3) is 3.87. The molecule has 4 rings (SSSR count). The van der Waals surface area contributed by atoms with Gasteiger partial charge >= 0.3 is 0 Å². The summed E-state index contributed by atoms with van der Waals surface area (Å²) in [6.07, 6.45) is 1.99. The maximum absolute atomic E-state index is 8.96. The fraction of sp³-hybridized carbons (Fsp3) is 0.273. The van der Waals surface area contributed by atoms with Crippen molar-refractivity contribution >= 4 is 16.5 Å². The standard InChI is InChI=1S/C22H22N4S/c1-22(24)9-11-26(12-10-22)21-25-20(15-27-21)19-4-2-3-18(13-19)17-7-5-16(14-23)6-8-17/h2-8,13,15H,9-12,24H2,1H3. The number of piperidine rings is 1.